The number of nitrogens with zero attached hydrogens (tertiary/aromatic N) is 3. The molecule has 2 aromatic rings. The average Bonchev–Trinajstić information content (AvgIpc) is 2.96. The highest BCUT2D eigenvalue weighted by Gasteiger charge is 2.27. The van der Waals surface area contributed by atoms with E-state index in [1.54, 1.807) is 0 Å². The van der Waals surface area contributed by atoms with Crippen molar-refractivity contribution in [3.63, 3.8) is 0 Å². The second-order valence-corrected chi connectivity index (χ2v) is 12.3. The zero-order chi connectivity index (χ0) is 14.3. The van der Waals surface area contributed by atoms with Crippen LogP contribution in [0.25, 0.3) is 10.8 Å². The first-order valence-electron chi connectivity index (χ1n) is 5.54. The van der Waals surface area contributed by atoms with Gasteiger partial charge < -0.3 is 9.63 Å². The van der Waals surface area contributed by atoms with Gasteiger partial charge in [-0.15, -0.1) is 10.2 Å². The van der Waals surface area contributed by atoms with Crippen LogP contribution in [0, 0.1) is 0 Å². The quantitative estimate of drug-likeness (QED) is 0.509. The van der Waals surface area contributed by atoms with Crippen LogP contribution in [0.5, 0.6) is 0 Å². The molecular formula is C11H13I2N3O2S. The number of rotatable bonds is 4. The molecule has 0 fully saturated rings. The van der Waals surface area contributed by atoms with Crippen LogP contribution in [-0.4, -0.2) is 27.1 Å². The fraction of sp³-hybridized carbons (Fsp3) is 0.545. The molecule has 0 unspecified atom stereocenters. The molecular weight excluding hydrogens is 492 g/mol. The molecule has 0 saturated carbocycles. The van der Waals surface area contributed by atoms with E-state index in [1.165, 1.54) is 11.3 Å². The molecule has 2 rings (SSSR count). The minimum atomic E-state index is -0.420. The van der Waals surface area contributed by atoms with E-state index in [2.05, 4.69) is 67.5 Å². The van der Waals surface area contributed by atoms with Gasteiger partial charge in [-0.05, 0) is 6.92 Å². The van der Waals surface area contributed by atoms with Gasteiger partial charge in [-0.2, -0.15) is 0 Å². The van der Waals surface area contributed by atoms with Crippen molar-refractivity contribution in [3.8, 4) is 10.8 Å². The molecule has 5 nitrogen and oxygen atoms in total. The van der Waals surface area contributed by atoms with Gasteiger partial charge in [0.25, 0.3) is 0 Å². The lowest BCUT2D eigenvalue weighted by atomic mass is 9.90. The summed E-state index contributed by atoms with van der Waals surface area (Å²) >= 11 is 6.12. The molecule has 0 aliphatic rings. The lowest BCUT2D eigenvalue weighted by Gasteiger charge is -2.16. The molecule has 0 aliphatic carbocycles. The lowest BCUT2D eigenvalue weighted by Crippen LogP contribution is -2.22. The first kappa shape index (κ1) is 15.6. The maximum absolute atomic E-state index is 9.33. The second-order valence-electron chi connectivity index (χ2n) is 4.92. The van der Waals surface area contributed by atoms with Crippen LogP contribution in [0.2, 0.25) is 0 Å². The van der Waals surface area contributed by atoms with Crippen molar-refractivity contribution >= 4 is 56.5 Å². The van der Waals surface area contributed by atoms with E-state index in [-0.39, 0.29) is 8.04 Å². The Bertz CT molecular complexity index is 575. The smallest absolute Gasteiger partial charge is 0.197 e. The van der Waals surface area contributed by atoms with Gasteiger partial charge in [-0.1, -0.05) is 75.5 Å². The Morgan fingerprint density at radius 1 is 1.32 bits per heavy atom. The predicted molar refractivity (Wildman–Crippen MR) is 90.9 cm³/mol. The molecule has 2 aromatic heterocycles. The molecule has 0 aliphatic heterocycles. The van der Waals surface area contributed by atoms with E-state index in [1.807, 2.05) is 19.9 Å². The summed E-state index contributed by atoms with van der Waals surface area (Å²) in [6.45, 7) is 5.90. The molecule has 19 heavy (non-hydrogen) atoms. The number of aromatic nitrogens is 3. The summed E-state index contributed by atoms with van der Waals surface area (Å²) in [6, 6.07) is 1.82. The summed E-state index contributed by atoms with van der Waals surface area (Å²) in [5.74, 6) is 0.595. The number of aliphatic hydroxyl groups is 1. The maximum atomic E-state index is 9.33. The average molecular weight is 505 g/mol. The van der Waals surface area contributed by atoms with Gasteiger partial charge in [0.1, 0.15) is 6.44 Å². The second kappa shape index (κ2) is 5.53. The van der Waals surface area contributed by atoms with Crippen LogP contribution in [-0.2, 0) is 6.84 Å². The molecule has 0 bridgehead atoms. The van der Waals surface area contributed by atoms with E-state index >= 15 is 0 Å². The Kier molecular flexibility index (Phi) is 4.53. The van der Waals surface area contributed by atoms with Crippen molar-refractivity contribution in [1.29, 1.82) is 0 Å². The maximum Gasteiger partial charge on any atom is 0.197 e. The topological polar surface area (TPSA) is 72.0 Å². The van der Waals surface area contributed by atoms with E-state index in [0.717, 1.165) is 5.01 Å². The van der Waals surface area contributed by atoms with Crippen molar-refractivity contribution in [2.24, 2.45) is 0 Å². The number of hydrogen-bond donors (Lipinski definition) is 1. The summed E-state index contributed by atoms with van der Waals surface area (Å²) in [6.07, 6.45) is 0. The SMILES string of the molecule is CC(I)(I)c1nnc(-c2cc(C(C)(C)CO)no2)s1. The molecule has 0 spiro atoms. The third-order valence-electron chi connectivity index (χ3n) is 2.61. The Hall–Kier alpha value is 0.190. The molecule has 8 heteroatoms. The normalized spacial score (nSPS) is 12.9. The highest BCUT2D eigenvalue weighted by atomic mass is 127. The van der Waals surface area contributed by atoms with Gasteiger partial charge in [-0.3, -0.25) is 0 Å². The Labute approximate surface area is 142 Å². The van der Waals surface area contributed by atoms with Crippen LogP contribution >= 0.6 is 56.5 Å². The van der Waals surface area contributed by atoms with Crippen molar-refractivity contribution in [2.45, 2.75) is 27.6 Å². The molecule has 0 atom stereocenters. The van der Waals surface area contributed by atoms with E-state index in [0.29, 0.717) is 16.5 Å². The Morgan fingerprint density at radius 3 is 2.53 bits per heavy atom. The van der Waals surface area contributed by atoms with Crippen molar-refractivity contribution < 1.29 is 9.63 Å². The van der Waals surface area contributed by atoms with Crippen LogP contribution in [0.1, 0.15) is 31.5 Å². The van der Waals surface area contributed by atoms with Crippen molar-refractivity contribution in [2.75, 3.05) is 6.61 Å². The monoisotopic (exact) mass is 505 g/mol. The van der Waals surface area contributed by atoms with Crippen LogP contribution in [0.3, 0.4) is 0 Å². The fourth-order valence-corrected chi connectivity index (χ4v) is 2.87. The van der Waals surface area contributed by atoms with Gasteiger partial charge in [0.05, 0.1) is 12.3 Å². The number of aliphatic hydroxyl groups excluding tert-OH is 1. The van der Waals surface area contributed by atoms with Gasteiger partial charge in [0, 0.05) is 11.5 Å². The first-order chi connectivity index (χ1) is 8.74. The Morgan fingerprint density at radius 2 is 2.00 bits per heavy atom. The van der Waals surface area contributed by atoms with Crippen molar-refractivity contribution in [3.05, 3.63) is 16.8 Å². The number of alkyl halides is 2. The third kappa shape index (κ3) is 3.45. The lowest BCUT2D eigenvalue weighted by molar-refractivity contribution is 0.210. The molecule has 1 N–H and O–H groups in total. The third-order valence-corrected chi connectivity index (χ3v) is 5.52. The summed E-state index contributed by atoms with van der Waals surface area (Å²) in [5.41, 5.74) is 0.296. The molecule has 0 amide bonds. The van der Waals surface area contributed by atoms with Gasteiger partial charge in [0.2, 0.25) is 0 Å². The summed E-state index contributed by atoms with van der Waals surface area (Å²) < 4.78 is 5.22. The summed E-state index contributed by atoms with van der Waals surface area (Å²) in [5, 5.41) is 23.3. The van der Waals surface area contributed by atoms with E-state index in [4.69, 9.17) is 4.52 Å². The zero-order valence-electron chi connectivity index (χ0n) is 10.6. The zero-order valence-corrected chi connectivity index (χ0v) is 15.8. The van der Waals surface area contributed by atoms with Gasteiger partial charge in [0.15, 0.2) is 10.8 Å². The summed E-state index contributed by atoms with van der Waals surface area (Å²) in [4.78, 5) is 0. The minimum Gasteiger partial charge on any atom is -0.395 e. The predicted octanol–water partition coefficient (Wildman–Crippen LogP) is 3.51. The van der Waals surface area contributed by atoms with Crippen molar-refractivity contribution in [1.82, 2.24) is 15.4 Å². The Balaban J connectivity index is 2.31. The largest absolute Gasteiger partial charge is 0.395 e. The fourth-order valence-electron chi connectivity index (χ4n) is 1.28. The van der Waals surface area contributed by atoms with E-state index < -0.39 is 5.41 Å². The minimum absolute atomic E-state index is 0.0138. The standard InChI is InChI=1S/C11H13I2N3O2S/c1-10(2,5-17)7-4-6(18-16-7)8-14-15-9(19-8)11(3,12)13/h4,17H,5H2,1-3H3. The van der Waals surface area contributed by atoms with Gasteiger partial charge >= 0.3 is 0 Å². The highest BCUT2D eigenvalue weighted by Crippen LogP contribution is 2.41. The molecule has 2 heterocycles. The van der Waals surface area contributed by atoms with Gasteiger partial charge in [-0.25, -0.2) is 0 Å². The molecule has 0 saturated heterocycles. The number of hydrogen-bond acceptors (Lipinski definition) is 6. The molecule has 0 aromatic carbocycles. The molecule has 104 valence electrons. The molecule has 0 radical (unpaired) electrons. The van der Waals surface area contributed by atoms with Crippen LogP contribution in [0.4, 0.5) is 0 Å². The van der Waals surface area contributed by atoms with Crippen LogP contribution < -0.4 is 0 Å². The highest BCUT2D eigenvalue weighted by molar-refractivity contribution is 14.2. The first-order valence-corrected chi connectivity index (χ1v) is 8.51. The summed E-state index contributed by atoms with van der Waals surface area (Å²) in [7, 11) is 0. The van der Waals surface area contributed by atoms with E-state index in [9.17, 15) is 5.11 Å². The van der Waals surface area contributed by atoms with Crippen LogP contribution in [0.15, 0.2) is 10.6 Å². The number of halogens is 2.